The molecular weight excluding hydrogens is 583 g/mol. The molecule has 0 radical (unpaired) electrons. The summed E-state index contributed by atoms with van der Waals surface area (Å²) in [5.41, 5.74) is 3.22. The number of Topliss-reactive ketones (excluding diaryl/α,β-unsaturated/α-hetero) is 1. The number of fused-ring (bicyclic) bond motifs is 1. The molecule has 6 rings (SSSR count). The third-order valence-corrected chi connectivity index (χ3v) is 7.95. The SMILES string of the molecule is CC(=O)C(OC(C)(C)C)c1c(C)cc2c(ccc(=O)n2Cc2cncc(C(F)(F)F)c2)c1-c1ccc2c3c(ccnc13)CCO2. The molecule has 0 saturated heterocycles. The molecule has 10 heteroatoms. The van der Waals surface area contributed by atoms with Crippen LogP contribution in [0.15, 0.2) is 65.8 Å². The summed E-state index contributed by atoms with van der Waals surface area (Å²) >= 11 is 0. The lowest BCUT2D eigenvalue weighted by Gasteiger charge is -2.30. The van der Waals surface area contributed by atoms with Crippen molar-refractivity contribution in [3.63, 3.8) is 0 Å². The molecule has 0 saturated carbocycles. The molecule has 3 aromatic heterocycles. The van der Waals surface area contributed by atoms with E-state index in [0.717, 1.165) is 28.8 Å². The van der Waals surface area contributed by atoms with E-state index in [2.05, 4.69) is 4.98 Å². The van der Waals surface area contributed by atoms with Crippen molar-refractivity contribution in [3.05, 3.63) is 99.2 Å². The minimum absolute atomic E-state index is 0.143. The highest BCUT2D eigenvalue weighted by Crippen LogP contribution is 2.45. The van der Waals surface area contributed by atoms with Gasteiger partial charge in [-0.1, -0.05) is 0 Å². The van der Waals surface area contributed by atoms with Crippen LogP contribution in [0.3, 0.4) is 0 Å². The first-order chi connectivity index (χ1) is 21.2. The van der Waals surface area contributed by atoms with Gasteiger partial charge in [0.25, 0.3) is 5.56 Å². The van der Waals surface area contributed by atoms with Crippen molar-refractivity contribution < 1.29 is 27.4 Å². The van der Waals surface area contributed by atoms with E-state index in [1.807, 2.05) is 45.9 Å². The van der Waals surface area contributed by atoms with E-state index in [9.17, 15) is 22.8 Å². The molecule has 0 spiro atoms. The fraction of sp³-hybridized carbons (Fsp3) is 0.314. The summed E-state index contributed by atoms with van der Waals surface area (Å²) in [5, 5.41) is 1.50. The van der Waals surface area contributed by atoms with Gasteiger partial charge >= 0.3 is 6.18 Å². The number of alkyl halides is 3. The van der Waals surface area contributed by atoms with Gasteiger partial charge in [-0.05, 0) is 98.8 Å². The van der Waals surface area contributed by atoms with Crippen LogP contribution in [0.1, 0.15) is 61.6 Å². The van der Waals surface area contributed by atoms with Gasteiger partial charge in [0.05, 0.1) is 35.3 Å². The Morgan fingerprint density at radius 3 is 2.58 bits per heavy atom. The molecule has 232 valence electrons. The molecule has 2 aromatic carbocycles. The normalized spacial score (nSPS) is 14.0. The molecule has 1 aliphatic rings. The first-order valence-corrected chi connectivity index (χ1v) is 14.6. The number of benzene rings is 2. The van der Waals surface area contributed by atoms with E-state index in [4.69, 9.17) is 14.5 Å². The Balaban J connectivity index is 1.69. The molecule has 0 bridgehead atoms. The smallest absolute Gasteiger partial charge is 0.417 e. The first kappa shape index (κ1) is 30.5. The summed E-state index contributed by atoms with van der Waals surface area (Å²) < 4.78 is 54.2. The molecule has 0 amide bonds. The first-order valence-electron chi connectivity index (χ1n) is 14.6. The van der Waals surface area contributed by atoms with Gasteiger partial charge < -0.3 is 14.0 Å². The van der Waals surface area contributed by atoms with Gasteiger partial charge in [-0.25, -0.2) is 0 Å². The second-order valence-corrected chi connectivity index (χ2v) is 12.4. The monoisotopic (exact) mass is 615 g/mol. The van der Waals surface area contributed by atoms with Crippen LogP contribution in [0.4, 0.5) is 13.2 Å². The highest BCUT2D eigenvalue weighted by Gasteiger charge is 2.33. The number of hydrogen-bond acceptors (Lipinski definition) is 6. The third-order valence-electron chi connectivity index (χ3n) is 7.95. The quantitative estimate of drug-likeness (QED) is 0.198. The average molecular weight is 616 g/mol. The highest BCUT2D eigenvalue weighted by atomic mass is 19.4. The molecule has 1 atom stereocenters. The zero-order chi connectivity index (χ0) is 32.3. The predicted octanol–water partition coefficient (Wildman–Crippen LogP) is 7.37. The van der Waals surface area contributed by atoms with Crippen LogP contribution in [0.2, 0.25) is 0 Å². The van der Waals surface area contributed by atoms with Crippen molar-refractivity contribution in [1.29, 1.82) is 0 Å². The Morgan fingerprint density at radius 1 is 1.09 bits per heavy atom. The lowest BCUT2D eigenvalue weighted by atomic mass is 9.85. The van der Waals surface area contributed by atoms with E-state index >= 15 is 0 Å². The van der Waals surface area contributed by atoms with Crippen molar-refractivity contribution >= 4 is 27.6 Å². The fourth-order valence-corrected chi connectivity index (χ4v) is 6.09. The number of hydrogen-bond donors (Lipinski definition) is 0. The number of ketones is 1. The summed E-state index contributed by atoms with van der Waals surface area (Å²) in [6.07, 6.45) is -0.980. The Morgan fingerprint density at radius 2 is 1.87 bits per heavy atom. The molecule has 0 aliphatic carbocycles. The summed E-state index contributed by atoms with van der Waals surface area (Å²) in [4.78, 5) is 35.2. The number of ether oxygens (including phenoxy) is 2. The largest absolute Gasteiger partial charge is 0.493 e. The zero-order valence-corrected chi connectivity index (χ0v) is 25.6. The predicted molar refractivity (Wildman–Crippen MR) is 165 cm³/mol. The van der Waals surface area contributed by atoms with Crippen molar-refractivity contribution in [2.24, 2.45) is 0 Å². The molecule has 45 heavy (non-hydrogen) atoms. The average Bonchev–Trinajstić information content (AvgIpc) is 2.97. The molecule has 4 heterocycles. The number of aromatic nitrogens is 3. The van der Waals surface area contributed by atoms with Gasteiger partial charge in [0.2, 0.25) is 0 Å². The van der Waals surface area contributed by atoms with Gasteiger partial charge in [0, 0.05) is 47.4 Å². The van der Waals surface area contributed by atoms with Crippen LogP contribution in [-0.2, 0) is 28.7 Å². The molecular formula is C35H32F3N3O4. The lowest BCUT2D eigenvalue weighted by molar-refractivity contribution is -0.139. The summed E-state index contributed by atoms with van der Waals surface area (Å²) in [6, 6.07) is 11.6. The Labute approximate surface area is 257 Å². The zero-order valence-electron chi connectivity index (χ0n) is 25.6. The summed E-state index contributed by atoms with van der Waals surface area (Å²) in [7, 11) is 0. The van der Waals surface area contributed by atoms with Crippen LogP contribution in [0, 0.1) is 6.92 Å². The summed E-state index contributed by atoms with van der Waals surface area (Å²) in [5.74, 6) is 0.514. The number of nitrogens with zero attached hydrogens (tertiary/aromatic N) is 3. The van der Waals surface area contributed by atoms with Gasteiger partial charge in [-0.2, -0.15) is 13.2 Å². The van der Waals surface area contributed by atoms with E-state index in [-0.39, 0.29) is 17.9 Å². The second-order valence-electron chi connectivity index (χ2n) is 12.4. The lowest BCUT2D eigenvalue weighted by Crippen LogP contribution is -2.27. The van der Waals surface area contributed by atoms with Crippen molar-refractivity contribution in [3.8, 4) is 16.9 Å². The van der Waals surface area contributed by atoms with Crippen LogP contribution in [-0.4, -0.2) is 32.5 Å². The van der Waals surface area contributed by atoms with Crippen LogP contribution in [0.5, 0.6) is 5.75 Å². The number of rotatable bonds is 6. The Bertz CT molecular complexity index is 2030. The number of carbonyl (C=O) groups excluding carboxylic acids is 1. The second kappa shape index (κ2) is 11.1. The fourth-order valence-electron chi connectivity index (χ4n) is 6.09. The number of halogens is 3. The Kier molecular flexibility index (Phi) is 7.51. The number of aryl methyl sites for hydroxylation is 1. The standard InChI is InChI=1S/C35H32F3N3O4/c1-19-14-26-24(7-9-28(43)41(26)18-21-15-23(17-39-16-21)35(36,37)38)31(29(19)33(20(2)42)45-34(3,4)5)25-6-8-27-30-22(11-13-44-27)10-12-40-32(25)30/h6-10,12,14-17,33H,11,13,18H2,1-5H3. The molecule has 1 unspecified atom stereocenters. The van der Waals surface area contributed by atoms with Crippen LogP contribution >= 0.6 is 0 Å². The van der Waals surface area contributed by atoms with Crippen molar-refractivity contribution in [1.82, 2.24) is 14.5 Å². The van der Waals surface area contributed by atoms with Crippen LogP contribution in [0.25, 0.3) is 32.9 Å². The van der Waals surface area contributed by atoms with Gasteiger partial charge in [-0.3, -0.25) is 19.6 Å². The summed E-state index contributed by atoms with van der Waals surface area (Å²) in [6.45, 7) is 9.36. The van der Waals surface area contributed by atoms with Gasteiger partial charge in [0.15, 0.2) is 5.78 Å². The van der Waals surface area contributed by atoms with Gasteiger partial charge in [-0.15, -0.1) is 0 Å². The molecule has 0 N–H and O–H groups in total. The minimum atomic E-state index is -4.58. The topological polar surface area (TPSA) is 83.3 Å². The molecule has 0 fully saturated rings. The van der Waals surface area contributed by atoms with Crippen LogP contribution < -0.4 is 10.3 Å². The van der Waals surface area contributed by atoms with E-state index in [1.54, 1.807) is 18.3 Å². The molecule has 7 nitrogen and oxygen atoms in total. The maximum atomic E-state index is 13.5. The third kappa shape index (κ3) is 5.70. The highest BCUT2D eigenvalue weighted by molar-refractivity contribution is 6.08. The minimum Gasteiger partial charge on any atom is -0.493 e. The maximum Gasteiger partial charge on any atom is 0.417 e. The van der Waals surface area contributed by atoms with E-state index in [1.165, 1.54) is 23.8 Å². The molecule has 1 aliphatic heterocycles. The van der Waals surface area contributed by atoms with E-state index in [0.29, 0.717) is 51.9 Å². The van der Waals surface area contributed by atoms with Crippen molar-refractivity contribution in [2.75, 3.05) is 6.61 Å². The Hall–Kier alpha value is -4.57. The molecule has 5 aromatic rings. The van der Waals surface area contributed by atoms with Crippen molar-refractivity contribution in [2.45, 2.75) is 65.5 Å². The van der Waals surface area contributed by atoms with E-state index < -0.39 is 29.0 Å². The maximum absolute atomic E-state index is 13.5. The number of pyridine rings is 3. The van der Waals surface area contributed by atoms with Gasteiger partial charge in [0.1, 0.15) is 11.9 Å². The number of carbonyl (C=O) groups is 1.